The molecule has 154 valence electrons. The highest BCUT2D eigenvalue weighted by Crippen LogP contribution is 2.18. The first-order chi connectivity index (χ1) is 13.1. The van der Waals surface area contributed by atoms with Crippen LogP contribution in [-0.2, 0) is 10.0 Å². The number of likely N-dealkylation sites (tertiary alicyclic amines) is 1. The highest BCUT2D eigenvalue weighted by molar-refractivity contribution is 7.91. The zero-order chi connectivity index (χ0) is 19.5. The number of nitrogens with zero attached hydrogens (tertiary/aromatic N) is 2. The number of guanidine groups is 1. The minimum absolute atomic E-state index is 0.279. The van der Waals surface area contributed by atoms with Crippen LogP contribution in [0.5, 0.6) is 0 Å². The Labute approximate surface area is 167 Å². The van der Waals surface area contributed by atoms with Gasteiger partial charge in [-0.05, 0) is 44.2 Å². The van der Waals surface area contributed by atoms with Crippen molar-refractivity contribution in [2.24, 2.45) is 4.99 Å². The van der Waals surface area contributed by atoms with Crippen molar-refractivity contribution in [3.8, 4) is 0 Å². The summed E-state index contributed by atoms with van der Waals surface area (Å²) in [7, 11) is -3.42. The van der Waals surface area contributed by atoms with E-state index in [2.05, 4.69) is 32.2 Å². The van der Waals surface area contributed by atoms with Gasteiger partial charge in [-0.25, -0.2) is 13.1 Å². The van der Waals surface area contributed by atoms with Crippen LogP contribution in [0.2, 0.25) is 0 Å². The molecule has 1 aliphatic heterocycles. The summed E-state index contributed by atoms with van der Waals surface area (Å²) in [4.78, 5) is 7.04. The molecule has 1 aliphatic rings. The van der Waals surface area contributed by atoms with Gasteiger partial charge in [0.2, 0.25) is 10.0 Å². The summed E-state index contributed by atoms with van der Waals surface area (Å²) >= 11 is 1.21. The molecule has 0 spiro atoms. The summed E-state index contributed by atoms with van der Waals surface area (Å²) in [6.07, 6.45) is 5.14. The van der Waals surface area contributed by atoms with Gasteiger partial charge in [-0.2, -0.15) is 0 Å². The molecule has 2 heterocycles. The van der Waals surface area contributed by atoms with Crippen LogP contribution in [0.3, 0.4) is 0 Å². The smallest absolute Gasteiger partial charge is 0.250 e. The van der Waals surface area contributed by atoms with Gasteiger partial charge in [-0.1, -0.05) is 19.4 Å². The lowest BCUT2D eigenvalue weighted by Gasteiger charge is -2.35. The second-order valence-electron chi connectivity index (χ2n) is 6.61. The van der Waals surface area contributed by atoms with E-state index in [9.17, 15) is 8.42 Å². The molecule has 3 N–H and O–H groups in total. The highest BCUT2D eigenvalue weighted by atomic mass is 32.2. The van der Waals surface area contributed by atoms with Crippen molar-refractivity contribution in [2.45, 2.75) is 49.8 Å². The van der Waals surface area contributed by atoms with Gasteiger partial charge >= 0.3 is 0 Å². The molecule has 0 bridgehead atoms. The molecule has 0 aliphatic carbocycles. The topological polar surface area (TPSA) is 85.8 Å². The SMILES string of the molecule is CCNC(=NCCNS(=O)(=O)c1cccs1)NCCN1CCCCC1CC. The lowest BCUT2D eigenvalue weighted by Crippen LogP contribution is -2.46. The zero-order valence-corrected chi connectivity index (χ0v) is 18.0. The number of sulfonamides is 1. The van der Waals surface area contributed by atoms with Crippen molar-refractivity contribution in [1.29, 1.82) is 0 Å². The van der Waals surface area contributed by atoms with Crippen molar-refractivity contribution in [3.63, 3.8) is 0 Å². The maximum absolute atomic E-state index is 12.1. The average Bonchev–Trinajstić information content (AvgIpc) is 3.21. The van der Waals surface area contributed by atoms with E-state index in [1.54, 1.807) is 17.5 Å². The van der Waals surface area contributed by atoms with E-state index < -0.39 is 10.0 Å². The standard InChI is InChI=1S/C18H33N5O2S2/c1-3-16-8-5-6-13-23(16)14-12-21-18(19-4-2)20-10-11-22-27(24,25)17-9-7-15-26-17/h7,9,15-16,22H,3-6,8,10-14H2,1-2H3,(H2,19,20,21). The van der Waals surface area contributed by atoms with E-state index in [0.717, 1.165) is 25.6 Å². The maximum atomic E-state index is 12.1. The van der Waals surface area contributed by atoms with Crippen molar-refractivity contribution in [1.82, 2.24) is 20.3 Å². The van der Waals surface area contributed by atoms with E-state index >= 15 is 0 Å². The van der Waals surface area contributed by atoms with Crippen LogP contribution in [-0.4, -0.2) is 64.6 Å². The number of hydrogen-bond acceptors (Lipinski definition) is 5. The summed E-state index contributed by atoms with van der Waals surface area (Å²) in [6, 6.07) is 4.04. The summed E-state index contributed by atoms with van der Waals surface area (Å²) in [6.45, 7) is 8.75. The molecule has 1 atom stereocenters. The van der Waals surface area contributed by atoms with Crippen molar-refractivity contribution >= 4 is 27.3 Å². The van der Waals surface area contributed by atoms with Gasteiger partial charge in [0.25, 0.3) is 0 Å². The van der Waals surface area contributed by atoms with Gasteiger partial charge < -0.3 is 10.6 Å². The Bertz CT molecular complexity index is 661. The van der Waals surface area contributed by atoms with Crippen molar-refractivity contribution in [3.05, 3.63) is 17.5 Å². The van der Waals surface area contributed by atoms with Crippen LogP contribution in [0, 0.1) is 0 Å². The number of nitrogens with one attached hydrogen (secondary N) is 3. The summed E-state index contributed by atoms with van der Waals surface area (Å²) in [5.41, 5.74) is 0. The minimum atomic E-state index is -3.42. The summed E-state index contributed by atoms with van der Waals surface area (Å²) in [5.74, 6) is 0.734. The largest absolute Gasteiger partial charge is 0.357 e. The monoisotopic (exact) mass is 415 g/mol. The van der Waals surface area contributed by atoms with Gasteiger partial charge in [0.1, 0.15) is 4.21 Å². The molecule has 1 saturated heterocycles. The quantitative estimate of drug-likeness (QED) is 0.308. The van der Waals surface area contributed by atoms with Gasteiger partial charge in [0.05, 0.1) is 6.54 Å². The zero-order valence-electron chi connectivity index (χ0n) is 16.4. The van der Waals surface area contributed by atoms with E-state index in [1.165, 1.54) is 43.6 Å². The second-order valence-corrected chi connectivity index (χ2v) is 9.55. The first-order valence-corrected chi connectivity index (χ1v) is 12.2. The molecule has 9 heteroatoms. The molecule has 0 amide bonds. The first-order valence-electron chi connectivity index (χ1n) is 9.86. The third-order valence-electron chi connectivity index (χ3n) is 4.69. The first kappa shape index (κ1) is 22.1. The molecule has 27 heavy (non-hydrogen) atoms. The number of rotatable bonds is 10. The molecule has 7 nitrogen and oxygen atoms in total. The lowest BCUT2D eigenvalue weighted by molar-refractivity contribution is 0.147. The molecule has 0 saturated carbocycles. The lowest BCUT2D eigenvalue weighted by atomic mass is 10.0. The molecule has 2 rings (SSSR count). The number of piperidine rings is 1. The fourth-order valence-corrected chi connectivity index (χ4v) is 5.37. The third kappa shape index (κ3) is 7.40. The van der Waals surface area contributed by atoms with E-state index in [0.29, 0.717) is 16.8 Å². The number of aliphatic imine (C=N–C) groups is 1. The maximum Gasteiger partial charge on any atom is 0.250 e. The van der Waals surface area contributed by atoms with Gasteiger partial charge in [0.15, 0.2) is 5.96 Å². The summed E-state index contributed by atoms with van der Waals surface area (Å²) in [5, 5.41) is 8.33. The number of hydrogen-bond donors (Lipinski definition) is 3. The van der Waals surface area contributed by atoms with Crippen LogP contribution < -0.4 is 15.4 Å². The predicted octanol–water partition coefficient (Wildman–Crippen LogP) is 1.85. The fourth-order valence-electron chi connectivity index (χ4n) is 3.31. The van der Waals surface area contributed by atoms with Crippen LogP contribution in [0.25, 0.3) is 0 Å². The van der Waals surface area contributed by atoms with Gasteiger partial charge in [-0.3, -0.25) is 9.89 Å². The van der Waals surface area contributed by atoms with Gasteiger partial charge in [-0.15, -0.1) is 11.3 Å². The highest BCUT2D eigenvalue weighted by Gasteiger charge is 2.20. The molecule has 1 aromatic heterocycles. The molecular weight excluding hydrogens is 382 g/mol. The van der Waals surface area contributed by atoms with Crippen molar-refractivity contribution < 1.29 is 8.42 Å². The number of thiophene rings is 1. The third-order valence-corrected chi connectivity index (χ3v) is 7.55. The molecule has 1 aromatic rings. The molecule has 1 fully saturated rings. The fraction of sp³-hybridized carbons (Fsp3) is 0.722. The molecule has 1 unspecified atom stereocenters. The Morgan fingerprint density at radius 2 is 2.15 bits per heavy atom. The molecule has 0 radical (unpaired) electrons. The Morgan fingerprint density at radius 3 is 2.85 bits per heavy atom. The normalized spacial score (nSPS) is 19.2. The van der Waals surface area contributed by atoms with Crippen LogP contribution in [0.4, 0.5) is 0 Å². The van der Waals surface area contributed by atoms with E-state index in [-0.39, 0.29) is 6.54 Å². The van der Waals surface area contributed by atoms with Crippen molar-refractivity contribution in [2.75, 3.05) is 39.3 Å². The van der Waals surface area contributed by atoms with Crippen LogP contribution in [0.15, 0.2) is 26.7 Å². The Hall–Kier alpha value is -1.16. The molecular formula is C18H33N5O2S2. The second kappa shape index (κ2) is 11.6. The predicted molar refractivity (Wildman–Crippen MR) is 113 cm³/mol. The molecule has 0 aromatic carbocycles. The summed E-state index contributed by atoms with van der Waals surface area (Å²) < 4.78 is 27.1. The Morgan fingerprint density at radius 1 is 1.30 bits per heavy atom. The Balaban J connectivity index is 1.75. The van der Waals surface area contributed by atoms with Crippen LogP contribution in [0.1, 0.15) is 39.5 Å². The van der Waals surface area contributed by atoms with Gasteiger partial charge in [0, 0.05) is 32.2 Å². The van der Waals surface area contributed by atoms with Crippen LogP contribution >= 0.6 is 11.3 Å². The average molecular weight is 416 g/mol. The minimum Gasteiger partial charge on any atom is -0.357 e. The Kier molecular flexibility index (Phi) is 9.53. The van der Waals surface area contributed by atoms with E-state index in [1.807, 2.05) is 6.92 Å². The van der Waals surface area contributed by atoms with E-state index in [4.69, 9.17) is 0 Å².